The predicted molar refractivity (Wildman–Crippen MR) is 68.8 cm³/mol. The van der Waals surface area contributed by atoms with Crippen LogP contribution in [0.1, 0.15) is 17.2 Å². The Hall–Kier alpha value is -1.31. The van der Waals surface area contributed by atoms with Gasteiger partial charge in [-0.15, -0.1) is 0 Å². The Balaban J connectivity index is 2.41. The van der Waals surface area contributed by atoms with Crippen LogP contribution in [0.25, 0.3) is 0 Å². The molecule has 0 heterocycles. The Bertz CT molecular complexity index is 453. The minimum Gasteiger partial charge on any atom is -0.309 e. The number of hydrogen-bond donors (Lipinski definition) is 1. The van der Waals surface area contributed by atoms with Crippen molar-refractivity contribution in [2.24, 2.45) is 0 Å². The van der Waals surface area contributed by atoms with Crippen molar-refractivity contribution in [2.45, 2.75) is 6.04 Å². The summed E-state index contributed by atoms with van der Waals surface area (Å²) < 4.78 is 0. The second-order valence-corrected chi connectivity index (χ2v) is 4.06. The van der Waals surface area contributed by atoms with Crippen molar-refractivity contribution in [3.8, 4) is 0 Å². The molecule has 1 nitrogen and oxygen atoms in total. The molecule has 2 aromatic carbocycles. The molecule has 0 aromatic heterocycles. The molecule has 2 heteroatoms. The molecule has 1 atom stereocenters. The summed E-state index contributed by atoms with van der Waals surface area (Å²) in [6.45, 7) is 0. The Morgan fingerprint density at radius 2 is 1.56 bits per heavy atom. The van der Waals surface area contributed by atoms with Crippen LogP contribution >= 0.6 is 11.6 Å². The van der Waals surface area contributed by atoms with Gasteiger partial charge in [0.1, 0.15) is 0 Å². The van der Waals surface area contributed by atoms with Gasteiger partial charge in [-0.05, 0) is 24.2 Å². The normalized spacial score (nSPS) is 12.4. The van der Waals surface area contributed by atoms with Crippen LogP contribution in [-0.4, -0.2) is 7.05 Å². The summed E-state index contributed by atoms with van der Waals surface area (Å²) in [5, 5.41) is 4.09. The van der Waals surface area contributed by atoms with Crippen LogP contribution in [0.3, 0.4) is 0 Å². The lowest BCUT2D eigenvalue weighted by atomic mass is 9.99. The lowest BCUT2D eigenvalue weighted by Gasteiger charge is -2.18. The maximum absolute atomic E-state index is 6.21. The fraction of sp³-hybridized carbons (Fsp3) is 0.143. The summed E-state index contributed by atoms with van der Waals surface area (Å²) in [5.74, 6) is 0. The molecule has 2 rings (SSSR count). The molecule has 1 unspecified atom stereocenters. The molecule has 0 bridgehead atoms. The zero-order valence-electron chi connectivity index (χ0n) is 9.15. The summed E-state index contributed by atoms with van der Waals surface area (Å²) in [6.07, 6.45) is 0. The van der Waals surface area contributed by atoms with Gasteiger partial charge in [-0.25, -0.2) is 0 Å². The molecular formula is C14H14ClN. The molecular weight excluding hydrogens is 218 g/mol. The summed E-state index contributed by atoms with van der Waals surface area (Å²) in [6, 6.07) is 18.4. The third kappa shape index (κ3) is 2.26. The van der Waals surface area contributed by atoms with Gasteiger partial charge < -0.3 is 5.32 Å². The molecule has 82 valence electrons. The van der Waals surface area contributed by atoms with Crippen LogP contribution < -0.4 is 5.32 Å². The molecule has 0 amide bonds. The van der Waals surface area contributed by atoms with Crippen molar-refractivity contribution in [1.82, 2.24) is 5.32 Å². The smallest absolute Gasteiger partial charge is 0.0589 e. The topological polar surface area (TPSA) is 12.0 Å². The average Bonchev–Trinajstić information content (AvgIpc) is 2.34. The van der Waals surface area contributed by atoms with E-state index in [1.54, 1.807) is 0 Å². The second-order valence-electron chi connectivity index (χ2n) is 3.65. The van der Waals surface area contributed by atoms with Gasteiger partial charge in [0, 0.05) is 5.02 Å². The number of benzene rings is 2. The molecule has 0 fully saturated rings. The highest BCUT2D eigenvalue weighted by atomic mass is 35.5. The molecule has 0 aliphatic carbocycles. The largest absolute Gasteiger partial charge is 0.309 e. The zero-order valence-corrected chi connectivity index (χ0v) is 9.91. The molecule has 0 saturated heterocycles. The fourth-order valence-electron chi connectivity index (χ4n) is 1.86. The average molecular weight is 232 g/mol. The van der Waals surface area contributed by atoms with Gasteiger partial charge in [0.15, 0.2) is 0 Å². The number of halogens is 1. The van der Waals surface area contributed by atoms with E-state index < -0.39 is 0 Å². The van der Waals surface area contributed by atoms with Crippen molar-refractivity contribution in [3.63, 3.8) is 0 Å². The third-order valence-corrected chi connectivity index (χ3v) is 2.98. The molecule has 0 saturated carbocycles. The van der Waals surface area contributed by atoms with Gasteiger partial charge in [-0.3, -0.25) is 0 Å². The number of hydrogen-bond acceptors (Lipinski definition) is 1. The van der Waals surface area contributed by atoms with E-state index in [-0.39, 0.29) is 6.04 Å². The molecule has 0 spiro atoms. The van der Waals surface area contributed by atoms with Crippen LogP contribution in [0.15, 0.2) is 54.6 Å². The second kappa shape index (κ2) is 5.15. The highest BCUT2D eigenvalue weighted by Crippen LogP contribution is 2.27. The molecule has 0 aliphatic rings. The lowest BCUT2D eigenvalue weighted by Crippen LogP contribution is -2.17. The maximum Gasteiger partial charge on any atom is 0.0589 e. The number of rotatable bonds is 3. The van der Waals surface area contributed by atoms with Crippen molar-refractivity contribution >= 4 is 11.6 Å². The van der Waals surface area contributed by atoms with E-state index in [9.17, 15) is 0 Å². The van der Waals surface area contributed by atoms with Gasteiger partial charge in [-0.1, -0.05) is 60.1 Å². The van der Waals surface area contributed by atoms with E-state index in [2.05, 4.69) is 23.5 Å². The first kappa shape index (κ1) is 11.2. The monoisotopic (exact) mass is 231 g/mol. The first-order chi connectivity index (χ1) is 7.83. The molecule has 0 radical (unpaired) electrons. The Kier molecular flexibility index (Phi) is 3.60. The fourth-order valence-corrected chi connectivity index (χ4v) is 2.10. The summed E-state index contributed by atoms with van der Waals surface area (Å²) in [5.41, 5.74) is 2.33. The maximum atomic E-state index is 6.21. The van der Waals surface area contributed by atoms with Gasteiger partial charge in [-0.2, -0.15) is 0 Å². The van der Waals surface area contributed by atoms with E-state index in [4.69, 9.17) is 11.6 Å². The zero-order chi connectivity index (χ0) is 11.4. The highest BCUT2D eigenvalue weighted by molar-refractivity contribution is 6.31. The first-order valence-electron chi connectivity index (χ1n) is 5.29. The van der Waals surface area contributed by atoms with Gasteiger partial charge in [0.25, 0.3) is 0 Å². The minimum atomic E-state index is 0.148. The van der Waals surface area contributed by atoms with E-state index in [1.807, 2.05) is 43.4 Å². The molecule has 1 N–H and O–H groups in total. The van der Waals surface area contributed by atoms with E-state index in [1.165, 1.54) is 5.56 Å². The standard InChI is InChI=1S/C14H14ClN/c1-16-14(11-7-3-2-4-8-11)12-9-5-6-10-13(12)15/h2-10,14,16H,1H3. The molecule has 2 aromatic rings. The Morgan fingerprint density at radius 1 is 0.938 bits per heavy atom. The third-order valence-electron chi connectivity index (χ3n) is 2.64. The minimum absolute atomic E-state index is 0.148. The molecule has 0 aliphatic heterocycles. The van der Waals surface area contributed by atoms with Crippen molar-refractivity contribution in [1.29, 1.82) is 0 Å². The van der Waals surface area contributed by atoms with E-state index in [0.29, 0.717) is 0 Å². The predicted octanol–water partition coefficient (Wildman–Crippen LogP) is 3.65. The summed E-state index contributed by atoms with van der Waals surface area (Å²) in [4.78, 5) is 0. The highest BCUT2D eigenvalue weighted by Gasteiger charge is 2.13. The van der Waals surface area contributed by atoms with E-state index in [0.717, 1.165) is 10.6 Å². The van der Waals surface area contributed by atoms with Crippen LogP contribution in [0.4, 0.5) is 0 Å². The Morgan fingerprint density at radius 3 is 2.19 bits per heavy atom. The number of nitrogens with one attached hydrogen (secondary N) is 1. The Labute approximate surface area is 101 Å². The lowest BCUT2D eigenvalue weighted by molar-refractivity contribution is 0.692. The van der Waals surface area contributed by atoms with Gasteiger partial charge in [0.2, 0.25) is 0 Å². The van der Waals surface area contributed by atoms with Crippen molar-refractivity contribution in [2.75, 3.05) is 7.05 Å². The van der Waals surface area contributed by atoms with Crippen LogP contribution in [0, 0.1) is 0 Å². The van der Waals surface area contributed by atoms with Crippen LogP contribution in [-0.2, 0) is 0 Å². The van der Waals surface area contributed by atoms with E-state index >= 15 is 0 Å². The first-order valence-corrected chi connectivity index (χ1v) is 5.67. The quantitative estimate of drug-likeness (QED) is 0.851. The van der Waals surface area contributed by atoms with Crippen molar-refractivity contribution < 1.29 is 0 Å². The molecule has 16 heavy (non-hydrogen) atoms. The van der Waals surface area contributed by atoms with Gasteiger partial charge >= 0.3 is 0 Å². The summed E-state index contributed by atoms with van der Waals surface area (Å²) >= 11 is 6.21. The van der Waals surface area contributed by atoms with Gasteiger partial charge in [0.05, 0.1) is 6.04 Å². The van der Waals surface area contributed by atoms with Crippen LogP contribution in [0.5, 0.6) is 0 Å². The summed E-state index contributed by atoms with van der Waals surface area (Å²) in [7, 11) is 1.95. The van der Waals surface area contributed by atoms with Crippen molar-refractivity contribution in [3.05, 3.63) is 70.7 Å². The van der Waals surface area contributed by atoms with Crippen LogP contribution in [0.2, 0.25) is 5.02 Å². The SMILES string of the molecule is CNC(c1ccccc1)c1ccccc1Cl.